The monoisotopic (exact) mass is 438 g/mol. The number of ether oxygens (including phenoxy) is 1. The van der Waals surface area contributed by atoms with Gasteiger partial charge in [0.05, 0.1) is 7.11 Å². The smallest absolute Gasteiger partial charge is 0.322 e. The summed E-state index contributed by atoms with van der Waals surface area (Å²) in [6.45, 7) is 11.1. The van der Waals surface area contributed by atoms with Crippen molar-refractivity contribution in [3.63, 3.8) is 0 Å². The molecule has 1 saturated heterocycles. The van der Waals surface area contributed by atoms with Gasteiger partial charge in [-0.3, -0.25) is 10.1 Å². The summed E-state index contributed by atoms with van der Waals surface area (Å²) in [6.07, 6.45) is 2.40. The highest BCUT2D eigenvalue weighted by Crippen LogP contribution is 2.48. The van der Waals surface area contributed by atoms with Crippen LogP contribution in [-0.4, -0.2) is 25.1 Å². The van der Waals surface area contributed by atoms with Gasteiger partial charge in [0, 0.05) is 12.0 Å². The van der Waals surface area contributed by atoms with Crippen molar-refractivity contribution in [3.8, 4) is 16.9 Å². The molecule has 1 aliphatic carbocycles. The van der Waals surface area contributed by atoms with E-state index in [1.165, 1.54) is 24.3 Å². The zero-order valence-electron chi connectivity index (χ0n) is 19.6. The number of halogens is 1. The van der Waals surface area contributed by atoms with Gasteiger partial charge in [-0.05, 0) is 76.6 Å². The lowest BCUT2D eigenvalue weighted by atomic mass is 9.62. The Morgan fingerprint density at radius 2 is 1.62 bits per heavy atom. The number of hydrogen-bond donors (Lipinski definition) is 2. The molecule has 1 fully saturated rings. The first-order chi connectivity index (χ1) is 14.9. The summed E-state index contributed by atoms with van der Waals surface area (Å²) in [5, 5.41) is 4.80. The quantitative estimate of drug-likeness (QED) is 0.667. The number of carbonyl (C=O) groups is 2. The number of carbonyl (C=O) groups excluding carboxylic acids is 2. The minimum Gasteiger partial charge on any atom is -0.493 e. The van der Waals surface area contributed by atoms with Crippen molar-refractivity contribution in [2.75, 3.05) is 7.11 Å². The van der Waals surface area contributed by atoms with Crippen molar-refractivity contribution in [1.29, 1.82) is 0 Å². The predicted molar refractivity (Wildman–Crippen MR) is 123 cm³/mol. The molecule has 0 bridgehead atoms. The van der Waals surface area contributed by atoms with Crippen LogP contribution in [0.25, 0.3) is 11.1 Å². The van der Waals surface area contributed by atoms with Gasteiger partial charge in [-0.15, -0.1) is 0 Å². The van der Waals surface area contributed by atoms with Crippen LogP contribution in [0.1, 0.15) is 62.8 Å². The van der Waals surface area contributed by atoms with E-state index in [2.05, 4.69) is 50.5 Å². The lowest BCUT2D eigenvalue weighted by Gasteiger charge is -2.42. The van der Waals surface area contributed by atoms with Crippen LogP contribution in [0.3, 0.4) is 0 Å². The van der Waals surface area contributed by atoms with E-state index in [-0.39, 0.29) is 23.0 Å². The number of imide groups is 1. The van der Waals surface area contributed by atoms with Crippen molar-refractivity contribution in [3.05, 3.63) is 52.3 Å². The maximum absolute atomic E-state index is 15.1. The highest BCUT2D eigenvalue weighted by atomic mass is 19.1. The van der Waals surface area contributed by atoms with Crippen molar-refractivity contribution >= 4 is 11.9 Å². The minimum atomic E-state index is -0.715. The summed E-state index contributed by atoms with van der Waals surface area (Å²) in [4.78, 5) is 23.5. The molecule has 170 valence electrons. The SMILES string of the molecule is COc1c(F)cc(CC2NC(=O)NC2=O)cc1-c1cc2c(cc1C)C(C)(C)CCC2(C)C. The summed E-state index contributed by atoms with van der Waals surface area (Å²) in [5.74, 6) is -0.701. The second kappa shape index (κ2) is 7.61. The van der Waals surface area contributed by atoms with E-state index < -0.39 is 23.8 Å². The maximum atomic E-state index is 15.1. The Kier molecular flexibility index (Phi) is 5.30. The Balaban J connectivity index is 1.85. The summed E-state index contributed by atoms with van der Waals surface area (Å²) in [6, 6.07) is 6.43. The first-order valence-electron chi connectivity index (χ1n) is 11.1. The summed E-state index contributed by atoms with van der Waals surface area (Å²) in [7, 11) is 1.47. The molecular weight excluding hydrogens is 407 g/mol. The number of fused-ring (bicyclic) bond motifs is 1. The van der Waals surface area contributed by atoms with Gasteiger partial charge in [0.1, 0.15) is 6.04 Å². The summed E-state index contributed by atoms with van der Waals surface area (Å²) >= 11 is 0. The van der Waals surface area contributed by atoms with Gasteiger partial charge in [-0.1, -0.05) is 33.8 Å². The van der Waals surface area contributed by atoms with E-state index in [0.717, 1.165) is 24.0 Å². The van der Waals surface area contributed by atoms with Crippen molar-refractivity contribution in [1.82, 2.24) is 10.6 Å². The molecule has 4 rings (SSSR count). The molecule has 2 aromatic rings. The van der Waals surface area contributed by atoms with Crippen molar-refractivity contribution in [2.45, 2.75) is 70.8 Å². The Morgan fingerprint density at radius 3 is 2.19 bits per heavy atom. The van der Waals surface area contributed by atoms with Crippen molar-refractivity contribution < 1.29 is 18.7 Å². The number of benzene rings is 2. The molecule has 1 atom stereocenters. The molecule has 1 unspecified atom stereocenters. The Bertz CT molecular complexity index is 1120. The van der Waals surface area contributed by atoms with Crippen LogP contribution in [0.2, 0.25) is 0 Å². The average molecular weight is 439 g/mol. The lowest BCUT2D eigenvalue weighted by Crippen LogP contribution is -2.34. The van der Waals surface area contributed by atoms with Gasteiger partial charge in [-0.25, -0.2) is 9.18 Å². The molecule has 0 saturated carbocycles. The van der Waals surface area contributed by atoms with Gasteiger partial charge >= 0.3 is 6.03 Å². The minimum absolute atomic E-state index is 0.0168. The third-order valence-corrected chi connectivity index (χ3v) is 7.09. The third-order valence-electron chi connectivity index (χ3n) is 7.09. The van der Waals surface area contributed by atoms with E-state index in [9.17, 15) is 9.59 Å². The number of aryl methyl sites for hydroxylation is 1. The average Bonchev–Trinajstić information content (AvgIpc) is 3.01. The Labute approximate surface area is 188 Å². The maximum Gasteiger partial charge on any atom is 0.322 e. The zero-order valence-corrected chi connectivity index (χ0v) is 19.6. The van der Waals surface area contributed by atoms with E-state index in [0.29, 0.717) is 11.1 Å². The summed E-state index contributed by atoms with van der Waals surface area (Å²) < 4.78 is 20.5. The molecular formula is C26H31FN2O3. The van der Waals surface area contributed by atoms with Gasteiger partial charge < -0.3 is 10.1 Å². The highest BCUT2D eigenvalue weighted by molar-refractivity contribution is 6.04. The molecule has 2 aliphatic rings. The fourth-order valence-corrected chi connectivity index (χ4v) is 5.03. The third kappa shape index (κ3) is 3.76. The topological polar surface area (TPSA) is 67.4 Å². The fourth-order valence-electron chi connectivity index (χ4n) is 5.03. The zero-order chi connectivity index (χ0) is 23.4. The largest absolute Gasteiger partial charge is 0.493 e. The molecule has 2 aromatic carbocycles. The van der Waals surface area contributed by atoms with Crippen LogP contribution in [0.4, 0.5) is 9.18 Å². The number of rotatable bonds is 4. The van der Waals surface area contributed by atoms with Crippen LogP contribution in [0, 0.1) is 12.7 Å². The second-order valence-corrected chi connectivity index (χ2v) is 10.4. The van der Waals surface area contributed by atoms with E-state index in [1.807, 2.05) is 13.0 Å². The van der Waals surface area contributed by atoms with Crippen LogP contribution in [-0.2, 0) is 22.0 Å². The Morgan fingerprint density at radius 1 is 1.00 bits per heavy atom. The standard InChI is InChI=1S/C26H31FN2O3/c1-14-9-18-19(26(4,5)8-7-25(18,2)3)13-16(14)17-10-15(11-20(27)22(17)32-6)12-21-23(30)29-24(31)28-21/h9-11,13,21H,7-8,12H2,1-6H3,(H2,28,29,30,31). The molecule has 5 nitrogen and oxygen atoms in total. The first kappa shape index (κ1) is 22.3. The first-order valence-corrected chi connectivity index (χ1v) is 11.1. The van der Waals surface area contributed by atoms with Gasteiger partial charge in [-0.2, -0.15) is 0 Å². The molecule has 0 aromatic heterocycles. The molecule has 1 heterocycles. The second-order valence-electron chi connectivity index (χ2n) is 10.4. The number of amides is 3. The molecule has 0 spiro atoms. The number of methoxy groups -OCH3 is 1. The molecule has 6 heteroatoms. The van der Waals surface area contributed by atoms with E-state index in [1.54, 1.807) is 0 Å². The summed E-state index contributed by atoms with van der Waals surface area (Å²) in [5.41, 5.74) is 5.98. The normalized spacial score (nSPS) is 21.0. The Hall–Kier alpha value is -2.89. The molecule has 2 N–H and O–H groups in total. The van der Waals surface area contributed by atoms with E-state index >= 15 is 4.39 Å². The van der Waals surface area contributed by atoms with E-state index in [4.69, 9.17) is 4.74 Å². The van der Waals surface area contributed by atoms with Crippen LogP contribution >= 0.6 is 0 Å². The number of hydrogen-bond acceptors (Lipinski definition) is 3. The van der Waals surface area contributed by atoms with Crippen LogP contribution in [0.15, 0.2) is 24.3 Å². The van der Waals surface area contributed by atoms with Crippen LogP contribution in [0.5, 0.6) is 5.75 Å². The predicted octanol–water partition coefficient (Wildman–Crippen LogP) is 4.91. The van der Waals surface area contributed by atoms with Gasteiger partial charge in [0.15, 0.2) is 11.6 Å². The lowest BCUT2D eigenvalue weighted by molar-refractivity contribution is -0.120. The van der Waals surface area contributed by atoms with Gasteiger partial charge in [0.2, 0.25) is 0 Å². The van der Waals surface area contributed by atoms with Gasteiger partial charge in [0.25, 0.3) is 5.91 Å². The number of nitrogens with one attached hydrogen (secondary N) is 2. The molecule has 0 radical (unpaired) electrons. The number of urea groups is 1. The molecule has 3 amide bonds. The molecule has 1 aliphatic heterocycles. The van der Waals surface area contributed by atoms with Crippen molar-refractivity contribution in [2.24, 2.45) is 0 Å². The highest BCUT2D eigenvalue weighted by Gasteiger charge is 2.38. The fraction of sp³-hybridized carbons (Fsp3) is 0.462. The van der Waals surface area contributed by atoms with Crippen LogP contribution < -0.4 is 15.4 Å². The molecule has 32 heavy (non-hydrogen) atoms.